The van der Waals surface area contributed by atoms with Gasteiger partial charge in [0.05, 0.1) is 17.4 Å². The summed E-state index contributed by atoms with van der Waals surface area (Å²) in [4.78, 5) is 0. The smallest absolute Gasteiger partial charge is 0.367 e. The van der Waals surface area contributed by atoms with Crippen LogP contribution in [-0.4, -0.2) is 36.8 Å². The van der Waals surface area contributed by atoms with Crippen molar-refractivity contribution in [1.82, 2.24) is 24.5 Å². The Morgan fingerprint density at radius 1 is 1.29 bits per heavy atom. The SMILES string of the molecule is CCc1ccccc1-n1c(-c2cnn3c2N[C@H](C)C[C@@H]3C(F)(F)F)n[nH]c1=S. The quantitative estimate of drug-likeness (QED) is 0.619. The highest BCUT2D eigenvalue weighted by atomic mass is 32.1. The van der Waals surface area contributed by atoms with Crippen LogP contribution in [0.3, 0.4) is 0 Å². The monoisotopic (exact) mass is 408 g/mol. The van der Waals surface area contributed by atoms with E-state index in [-0.39, 0.29) is 12.5 Å². The van der Waals surface area contributed by atoms with Crippen molar-refractivity contribution in [2.24, 2.45) is 0 Å². The van der Waals surface area contributed by atoms with Crippen molar-refractivity contribution >= 4 is 18.0 Å². The van der Waals surface area contributed by atoms with E-state index in [0.29, 0.717) is 22.0 Å². The second kappa shape index (κ2) is 6.77. The van der Waals surface area contributed by atoms with Crippen molar-refractivity contribution in [3.05, 3.63) is 40.8 Å². The number of H-pyrrole nitrogens is 1. The molecule has 1 aromatic carbocycles. The average Bonchev–Trinajstić information content (AvgIpc) is 3.23. The van der Waals surface area contributed by atoms with E-state index in [2.05, 4.69) is 20.6 Å². The van der Waals surface area contributed by atoms with Gasteiger partial charge in [-0.3, -0.25) is 9.67 Å². The predicted molar refractivity (Wildman–Crippen MR) is 102 cm³/mol. The molecule has 0 saturated heterocycles. The Hall–Kier alpha value is -2.62. The van der Waals surface area contributed by atoms with E-state index in [4.69, 9.17) is 12.2 Å². The van der Waals surface area contributed by atoms with Crippen molar-refractivity contribution in [2.75, 3.05) is 5.32 Å². The zero-order chi connectivity index (χ0) is 20.1. The van der Waals surface area contributed by atoms with Crippen molar-refractivity contribution in [2.45, 2.75) is 44.9 Å². The molecule has 0 fully saturated rings. The number of aryl methyl sites for hydroxylation is 1. The lowest BCUT2D eigenvalue weighted by molar-refractivity contribution is -0.173. The van der Waals surface area contributed by atoms with Gasteiger partial charge in [-0.15, -0.1) is 0 Å². The van der Waals surface area contributed by atoms with Gasteiger partial charge in [0.15, 0.2) is 16.6 Å². The number of nitrogens with zero attached hydrogens (tertiary/aromatic N) is 4. The summed E-state index contributed by atoms with van der Waals surface area (Å²) in [5.41, 5.74) is 2.37. The fourth-order valence-corrected chi connectivity index (χ4v) is 3.86. The number of aromatic nitrogens is 5. The average molecular weight is 408 g/mol. The molecule has 0 spiro atoms. The number of hydrogen-bond acceptors (Lipinski definition) is 4. The van der Waals surface area contributed by atoms with E-state index < -0.39 is 12.2 Å². The first-order valence-corrected chi connectivity index (χ1v) is 9.39. The van der Waals surface area contributed by atoms with Crippen molar-refractivity contribution in [1.29, 1.82) is 0 Å². The first kappa shape index (κ1) is 18.7. The maximum Gasteiger partial charge on any atom is 0.410 e. The Labute approximate surface area is 164 Å². The Bertz CT molecular complexity index is 1060. The van der Waals surface area contributed by atoms with E-state index in [1.54, 1.807) is 11.5 Å². The molecule has 2 atom stereocenters. The third kappa shape index (κ3) is 3.01. The van der Waals surface area contributed by atoms with Crippen LogP contribution in [0.2, 0.25) is 0 Å². The summed E-state index contributed by atoms with van der Waals surface area (Å²) >= 11 is 5.41. The summed E-state index contributed by atoms with van der Waals surface area (Å²) in [7, 11) is 0. The summed E-state index contributed by atoms with van der Waals surface area (Å²) in [6.07, 6.45) is -2.27. The Kier molecular flexibility index (Phi) is 4.53. The van der Waals surface area contributed by atoms with Gasteiger partial charge in [0.2, 0.25) is 0 Å². The van der Waals surface area contributed by atoms with Crippen LogP contribution >= 0.6 is 12.2 Å². The van der Waals surface area contributed by atoms with Crippen LogP contribution in [-0.2, 0) is 6.42 Å². The highest BCUT2D eigenvalue weighted by molar-refractivity contribution is 7.71. The van der Waals surface area contributed by atoms with Crippen molar-refractivity contribution in [3.8, 4) is 17.1 Å². The molecule has 0 aliphatic carbocycles. The summed E-state index contributed by atoms with van der Waals surface area (Å²) in [6.45, 7) is 3.75. The van der Waals surface area contributed by atoms with Gasteiger partial charge in [-0.2, -0.15) is 23.4 Å². The number of benzene rings is 1. The number of nitrogens with one attached hydrogen (secondary N) is 2. The van der Waals surface area contributed by atoms with Gasteiger partial charge in [0.1, 0.15) is 5.82 Å². The Morgan fingerprint density at radius 2 is 2.04 bits per heavy atom. The molecule has 6 nitrogen and oxygen atoms in total. The fraction of sp³-hybridized carbons (Fsp3) is 0.389. The predicted octanol–water partition coefficient (Wildman–Crippen LogP) is 4.66. The number of halogens is 3. The number of hydrogen-bond donors (Lipinski definition) is 2. The summed E-state index contributed by atoms with van der Waals surface area (Å²) < 4.78 is 43.7. The van der Waals surface area contributed by atoms with Gasteiger partial charge in [-0.1, -0.05) is 25.1 Å². The minimum Gasteiger partial charge on any atom is -0.367 e. The maximum atomic E-state index is 13.5. The molecule has 2 N–H and O–H groups in total. The van der Waals surface area contributed by atoms with Crippen LogP contribution in [0.15, 0.2) is 30.5 Å². The van der Waals surface area contributed by atoms with Crippen LogP contribution in [0.4, 0.5) is 19.0 Å². The number of aromatic amines is 1. The molecule has 0 radical (unpaired) electrons. The molecule has 1 aliphatic rings. The number of para-hydroxylation sites is 1. The van der Waals surface area contributed by atoms with Gasteiger partial charge in [0.25, 0.3) is 0 Å². The molecular weight excluding hydrogens is 389 g/mol. The lowest BCUT2D eigenvalue weighted by atomic mass is 10.0. The topological polar surface area (TPSA) is 63.5 Å². The lowest BCUT2D eigenvalue weighted by Crippen LogP contribution is -2.38. The molecule has 3 aromatic rings. The van der Waals surface area contributed by atoms with E-state index >= 15 is 0 Å². The van der Waals surface area contributed by atoms with E-state index in [1.165, 1.54) is 6.20 Å². The van der Waals surface area contributed by atoms with Crippen LogP contribution in [0.25, 0.3) is 17.1 Å². The van der Waals surface area contributed by atoms with Crippen LogP contribution < -0.4 is 5.32 Å². The minimum atomic E-state index is -4.38. The van der Waals surface area contributed by atoms with E-state index in [9.17, 15) is 13.2 Å². The largest absolute Gasteiger partial charge is 0.410 e. The number of rotatable bonds is 3. The molecule has 0 bridgehead atoms. The third-order valence-corrected chi connectivity index (χ3v) is 5.23. The number of anilines is 1. The first-order chi connectivity index (χ1) is 13.3. The van der Waals surface area contributed by atoms with Gasteiger partial charge in [-0.25, -0.2) is 4.68 Å². The molecular formula is C18H19F3N6S. The molecule has 2 aromatic heterocycles. The molecule has 3 heterocycles. The van der Waals surface area contributed by atoms with Crippen molar-refractivity contribution in [3.63, 3.8) is 0 Å². The first-order valence-electron chi connectivity index (χ1n) is 8.98. The highest BCUT2D eigenvalue weighted by Crippen LogP contribution is 2.42. The molecule has 28 heavy (non-hydrogen) atoms. The summed E-state index contributed by atoms with van der Waals surface area (Å²) in [5.74, 6) is 0.722. The van der Waals surface area contributed by atoms with Crippen molar-refractivity contribution < 1.29 is 13.2 Å². The number of alkyl halides is 3. The fourth-order valence-electron chi connectivity index (χ4n) is 3.63. The lowest BCUT2D eigenvalue weighted by Gasteiger charge is -2.32. The summed E-state index contributed by atoms with van der Waals surface area (Å²) in [5, 5.41) is 14.2. The zero-order valence-corrected chi connectivity index (χ0v) is 16.1. The van der Waals surface area contributed by atoms with E-state index in [0.717, 1.165) is 22.4 Å². The number of fused-ring (bicyclic) bond motifs is 1. The van der Waals surface area contributed by atoms with Gasteiger partial charge in [-0.05, 0) is 43.6 Å². The normalized spacial score (nSPS) is 19.3. The van der Waals surface area contributed by atoms with Gasteiger partial charge < -0.3 is 5.32 Å². The minimum absolute atomic E-state index is 0.0802. The van der Waals surface area contributed by atoms with E-state index in [1.807, 2.05) is 31.2 Å². The van der Waals surface area contributed by atoms with Gasteiger partial charge in [0, 0.05) is 6.04 Å². The molecule has 0 saturated carbocycles. The molecule has 4 rings (SSSR count). The Balaban J connectivity index is 1.90. The highest BCUT2D eigenvalue weighted by Gasteiger charge is 2.46. The molecule has 148 valence electrons. The molecule has 0 unspecified atom stereocenters. The molecule has 0 amide bonds. The zero-order valence-electron chi connectivity index (χ0n) is 15.3. The second-order valence-corrected chi connectivity index (χ2v) is 7.25. The van der Waals surface area contributed by atoms with Crippen LogP contribution in [0.5, 0.6) is 0 Å². The van der Waals surface area contributed by atoms with Crippen LogP contribution in [0, 0.1) is 4.77 Å². The third-order valence-electron chi connectivity index (χ3n) is 4.96. The molecule has 10 heteroatoms. The van der Waals surface area contributed by atoms with Crippen LogP contribution in [0.1, 0.15) is 31.9 Å². The van der Waals surface area contributed by atoms with Gasteiger partial charge >= 0.3 is 6.18 Å². The summed E-state index contributed by atoms with van der Waals surface area (Å²) in [6, 6.07) is 5.70. The maximum absolute atomic E-state index is 13.5. The second-order valence-electron chi connectivity index (χ2n) is 6.86. The Morgan fingerprint density at radius 3 is 2.75 bits per heavy atom. The molecule has 1 aliphatic heterocycles. The standard InChI is InChI=1S/C18H19F3N6S/c1-3-11-6-4-5-7-13(11)26-16(24-25-17(26)28)12-9-22-27-14(18(19,20)21)8-10(2)23-15(12)27/h4-7,9-10,14,23H,3,8H2,1-2H3,(H,25,28)/t10-,14-/m1/s1.